The SMILES string of the molecule is CC1(COCc2ccc3c(c2)CCn2c-3ccnc2=O)COC1. The van der Waals surface area contributed by atoms with E-state index in [0.717, 1.165) is 37.5 Å². The average molecular weight is 312 g/mol. The van der Waals surface area contributed by atoms with Crippen molar-refractivity contribution in [3.8, 4) is 11.3 Å². The first-order chi connectivity index (χ1) is 11.1. The first kappa shape index (κ1) is 14.6. The lowest BCUT2D eigenvalue weighted by Crippen LogP contribution is -2.43. The van der Waals surface area contributed by atoms with Crippen molar-refractivity contribution in [3.05, 3.63) is 52.1 Å². The van der Waals surface area contributed by atoms with Gasteiger partial charge in [0.15, 0.2) is 0 Å². The summed E-state index contributed by atoms with van der Waals surface area (Å²) >= 11 is 0. The Morgan fingerprint density at radius 3 is 3.00 bits per heavy atom. The van der Waals surface area contributed by atoms with Gasteiger partial charge in [0.25, 0.3) is 0 Å². The second-order valence-electron chi connectivity index (χ2n) is 6.80. The Bertz CT molecular complexity index is 793. The Labute approximate surface area is 134 Å². The van der Waals surface area contributed by atoms with Crippen molar-refractivity contribution in [3.63, 3.8) is 0 Å². The van der Waals surface area contributed by atoms with Gasteiger partial charge in [-0.25, -0.2) is 9.78 Å². The summed E-state index contributed by atoms with van der Waals surface area (Å²) < 4.78 is 12.9. The van der Waals surface area contributed by atoms with Crippen molar-refractivity contribution < 1.29 is 9.47 Å². The predicted molar refractivity (Wildman–Crippen MR) is 86.2 cm³/mol. The molecule has 0 N–H and O–H groups in total. The molecule has 1 fully saturated rings. The van der Waals surface area contributed by atoms with E-state index in [-0.39, 0.29) is 11.1 Å². The molecule has 5 heteroatoms. The van der Waals surface area contributed by atoms with Gasteiger partial charge < -0.3 is 9.47 Å². The summed E-state index contributed by atoms with van der Waals surface area (Å²) in [7, 11) is 0. The highest BCUT2D eigenvalue weighted by molar-refractivity contribution is 5.65. The summed E-state index contributed by atoms with van der Waals surface area (Å²) in [6.45, 7) is 5.80. The molecule has 0 bridgehead atoms. The zero-order valence-electron chi connectivity index (χ0n) is 13.2. The summed E-state index contributed by atoms with van der Waals surface area (Å²) in [5, 5.41) is 0. The minimum Gasteiger partial charge on any atom is -0.380 e. The molecule has 0 aliphatic carbocycles. The molecular formula is C18H20N2O3. The van der Waals surface area contributed by atoms with Crippen LogP contribution >= 0.6 is 0 Å². The third kappa shape index (κ3) is 2.71. The monoisotopic (exact) mass is 312 g/mol. The molecule has 0 amide bonds. The van der Waals surface area contributed by atoms with E-state index in [4.69, 9.17) is 9.47 Å². The number of aromatic nitrogens is 2. The molecule has 0 saturated carbocycles. The van der Waals surface area contributed by atoms with Gasteiger partial charge in [-0.3, -0.25) is 4.57 Å². The highest BCUT2D eigenvalue weighted by Crippen LogP contribution is 2.30. The van der Waals surface area contributed by atoms with E-state index in [9.17, 15) is 4.79 Å². The quantitative estimate of drug-likeness (QED) is 0.867. The first-order valence-electron chi connectivity index (χ1n) is 7.98. The van der Waals surface area contributed by atoms with Crippen molar-refractivity contribution in [1.29, 1.82) is 0 Å². The smallest absolute Gasteiger partial charge is 0.347 e. The number of rotatable bonds is 4. The third-order valence-corrected chi connectivity index (χ3v) is 4.61. The number of hydrogen-bond donors (Lipinski definition) is 0. The molecule has 23 heavy (non-hydrogen) atoms. The predicted octanol–water partition coefficient (Wildman–Crippen LogP) is 2.02. The van der Waals surface area contributed by atoms with Gasteiger partial charge in [0.05, 0.1) is 32.1 Å². The summed E-state index contributed by atoms with van der Waals surface area (Å²) in [5.41, 5.74) is 4.54. The van der Waals surface area contributed by atoms with Crippen LogP contribution < -0.4 is 5.69 Å². The number of fused-ring (bicyclic) bond motifs is 3. The van der Waals surface area contributed by atoms with Crippen LogP contribution in [0.3, 0.4) is 0 Å². The van der Waals surface area contributed by atoms with E-state index in [2.05, 4.69) is 30.1 Å². The van der Waals surface area contributed by atoms with Gasteiger partial charge in [0.1, 0.15) is 0 Å². The number of ether oxygens (including phenoxy) is 2. The second-order valence-corrected chi connectivity index (χ2v) is 6.80. The highest BCUT2D eigenvalue weighted by atomic mass is 16.5. The molecule has 2 aliphatic rings. The molecule has 0 spiro atoms. The minimum absolute atomic E-state index is 0.170. The zero-order valence-corrected chi connectivity index (χ0v) is 13.2. The Balaban J connectivity index is 1.52. The molecule has 0 unspecified atom stereocenters. The van der Waals surface area contributed by atoms with Crippen LogP contribution in [0.5, 0.6) is 0 Å². The number of nitrogens with zero attached hydrogens (tertiary/aromatic N) is 2. The van der Waals surface area contributed by atoms with Crippen molar-refractivity contribution in [1.82, 2.24) is 9.55 Å². The first-order valence-corrected chi connectivity index (χ1v) is 7.98. The largest absolute Gasteiger partial charge is 0.380 e. The summed E-state index contributed by atoms with van der Waals surface area (Å²) in [6, 6.07) is 8.28. The van der Waals surface area contributed by atoms with Crippen LogP contribution in [0.15, 0.2) is 35.3 Å². The van der Waals surface area contributed by atoms with Crippen molar-refractivity contribution in [2.75, 3.05) is 19.8 Å². The summed E-state index contributed by atoms with van der Waals surface area (Å²) in [6.07, 6.45) is 2.44. The lowest BCUT2D eigenvalue weighted by atomic mass is 9.90. The molecule has 2 aliphatic heterocycles. The molecule has 3 heterocycles. The molecule has 1 aromatic carbocycles. The fourth-order valence-electron chi connectivity index (χ4n) is 3.26. The fourth-order valence-corrected chi connectivity index (χ4v) is 3.26. The molecule has 0 radical (unpaired) electrons. The van der Waals surface area contributed by atoms with E-state index in [1.54, 1.807) is 10.8 Å². The van der Waals surface area contributed by atoms with E-state index in [0.29, 0.717) is 13.2 Å². The van der Waals surface area contributed by atoms with E-state index < -0.39 is 0 Å². The average Bonchev–Trinajstić information content (AvgIpc) is 2.53. The molecule has 1 saturated heterocycles. The normalized spacial score (nSPS) is 18.0. The third-order valence-electron chi connectivity index (χ3n) is 4.61. The number of aryl methyl sites for hydroxylation is 1. The van der Waals surface area contributed by atoms with Gasteiger partial charge in [-0.1, -0.05) is 25.1 Å². The molecule has 2 aromatic rings. The van der Waals surface area contributed by atoms with Gasteiger partial charge >= 0.3 is 5.69 Å². The van der Waals surface area contributed by atoms with Crippen LogP contribution in [0.4, 0.5) is 0 Å². The number of hydrogen-bond acceptors (Lipinski definition) is 4. The van der Waals surface area contributed by atoms with Crippen LogP contribution in [-0.4, -0.2) is 29.4 Å². The van der Waals surface area contributed by atoms with Crippen molar-refractivity contribution in [2.24, 2.45) is 5.41 Å². The Kier molecular flexibility index (Phi) is 3.54. The number of benzene rings is 1. The highest BCUT2D eigenvalue weighted by Gasteiger charge is 2.33. The maximum Gasteiger partial charge on any atom is 0.347 e. The van der Waals surface area contributed by atoms with E-state index >= 15 is 0 Å². The Hall–Kier alpha value is -1.98. The van der Waals surface area contributed by atoms with Gasteiger partial charge in [0, 0.05) is 23.7 Å². The topological polar surface area (TPSA) is 53.4 Å². The van der Waals surface area contributed by atoms with Crippen molar-refractivity contribution in [2.45, 2.75) is 26.5 Å². The second kappa shape index (κ2) is 5.58. The van der Waals surface area contributed by atoms with E-state index in [1.165, 1.54) is 11.1 Å². The fraction of sp³-hybridized carbons (Fsp3) is 0.444. The maximum absolute atomic E-state index is 11.8. The maximum atomic E-state index is 11.8. The minimum atomic E-state index is -0.170. The lowest BCUT2D eigenvalue weighted by Gasteiger charge is -2.37. The Morgan fingerprint density at radius 1 is 1.35 bits per heavy atom. The van der Waals surface area contributed by atoms with Gasteiger partial charge in [0.2, 0.25) is 0 Å². The van der Waals surface area contributed by atoms with Gasteiger partial charge in [-0.15, -0.1) is 0 Å². The van der Waals surface area contributed by atoms with E-state index in [1.807, 2.05) is 6.07 Å². The standard InChI is InChI=1S/C18H20N2O3/c1-18(11-23-12-18)10-22-9-13-2-3-15-14(8-13)5-7-20-16(15)4-6-19-17(20)21/h2-4,6,8H,5,7,9-12H2,1H3. The molecule has 120 valence electrons. The van der Waals surface area contributed by atoms with Crippen LogP contribution in [-0.2, 0) is 29.0 Å². The van der Waals surface area contributed by atoms with Gasteiger partial charge in [-0.05, 0) is 23.6 Å². The van der Waals surface area contributed by atoms with Gasteiger partial charge in [-0.2, -0.15) is 0 Å². The molecule has 4 rings (SSSR count). The van der Waals surface area contributed by atoms with Crippen LogP contribution in [0, 0.1) is 5.41 Å². The Morgan fingerprint density at radius 2 is 2.22 bits per heavy atom. The summed E-state index contributed by atoms with van der Waals surface area (Å²) in [4.78, 5) is 15.7. The molecule has 0 atom stereocenters. The lowest BCUT2D eigenvalue weighted by molar-refractivity contribution is -0.140. The van der Waals surface area contributed by atoms with Crippen LogP contribution in [0.25, 0.3) is 11.3 Å². The van der Waals surface area contributed by atoms with Crippen molar-refractivity contribution >= 4 is 0 Å². The van der Waals surface area contributed by atoms with Crippen LogP contribution in [0.2, 0.25) is 0 Å². The summed E-state index contributed by atoms with van der Waals surface area (Å²) in [5.74, 6) is 0. The molecule has 1 aromatic heterocycles. The molecular weight excluding hydrogens is 292 g/mol. The van der Waals surface area contributed by atoms with Crippen LogP contribution in [0.1, 0.15) is 18.1 Å². The molecule has 5 nitrogen and oxygen atoms in total. The zero-order chi connectivity index (χ0) is 15.9.